The molecular weight excluding hydrogens is 156 g/mol. The van der Waals surface area contributed by atoms with E-state index >= 15 is 0 Å². The van der Waals surface area contributed by atoms with E-state index in [2.05, 4.69) is 22.7 Å². The highest BCUT2D eigenvalue weighted by Crippen LogP contribution is 2.10. The Hall–Kier alpha value is -0.440. The third kappa shape index (κ3) is 2.26. The van der Waals surface area contributed by atoms with Crippen LogP contribution in [0.5, 0.6) is 0 Å². The molecular formula is C8H14N2S. The lowest BCUT2D eigenvalue weighted by atomic mass is 10.3. The van der Waals surface area contributed by atoms with Crippen molar-refractivity contribution in [2.24, 2.45) is 7.05 Å². The average molecular weight is 170 g/mol. The van der Waals surface area contributed by atoms with Gasteiger partial charge in [-0.05, 0) is 6.26 Å². The Labute approximate surface area is 72.0 Å². The molecule has 0 spiro atoms. The first kappa shape index (κ1) is 8.65. The second kappa shape index (κ2) is 3.81. The first-order valence-corrected chi connectivity index (χ1v) is 5.02. The number of aryl methyl sites for hydroxylation is 1. The van der Waals surface area contributed by atoms with Gasteiger partial charge in [0.25, 0.3) is 0 Å². The molecule has 0 fully saturated rings. The predicted octanol–water partition coefficient (Wildman–Crippen LogP) is 1.71. The van der Waals surface area contributed by atoms with Crippen LogP contribution in [0.4, 0.5) is 0 Å². The fourth-order valence-corrected chi connectivity index (χ4v) is 1.25. The van der Waals surface area contributed by atoms with E-state index in [-0.39, 0.29) is 0 Å². The van der Waals surface area contributed by atoms with E-state index in [1.807, 2.05) is 31.2 Å². The molecule has 1 aromatic rings. The lowest BCUT2D eigenvalue weighted by Crippen LogP contribution is -2.06. The molecule has 0 aliphatic rings. The number of rotatable bonds is 3. The molecule has 2 nitrogen and oxygen atoms in total. The smallest absolute Gasteiger partial charge is 0.109 e. The number of imidazole rings is 1. The minimum absolute atomic E-state index is 0.663. The maximum atomic E-state index is 4.25. The molecule has 11 heavy (non-hydrogen) atoms. The summed E-state index contributed by atoms with van der Waals surface area (Å²) >= 11 is 1.88. The third-order valence-corrected chi connectivity index (χ3v) is 2.76. The van der Waals surface area contributed by atoms with Gasteiger partial charge in [0.15, 0.2) is 0 Å². The van der Waals surface area contributed by atoms with Gasteiger partial charge in [0.05, 0.1) is 0 Å². The van der Waals surface area contributed by atoms with Crippen molar-refractivity contribution in [2.45, 2.75) is 18.6 Å². The zero-order valence-electron chi connectivity index (χ0n) is 7.24. The predicted molar refractivity (Wildman–Crippen MR) is 49.9 cm³/mol. The summed E-state index contributed by atoms with van der Waals surface area (Å²) in [7, 11) is 2.04. The first-order chi connectivity index (χ1) is 5.24. The van der Waals surface area contributed by atoms with Crippen molar-refractivity contribution in [1.29, 1.82) is 0 Å². The Bertz CT molecular complexity index is 220. The quantitative estimate of drug-likeness (QED) is 0.687. The Morgan fingerprint density at radius 2 is 2.45 bits per heavy atom. The highest BCUT2D eigenvalue weighted by atomic mass is 32.2. The summed E-state index contributed by atoms with van der Waals surface area (Å²) in [6.07, 6.45) is 7.03. The molecule has 3 heteroatoms. The van der Waals surface area contributed by atoms with Crippen LogP contribution < -0.4 is 0 Å². The molecule has 0 aliphatic heterocycles. The third-order valence-electron chi connectivity index (χ3n) is 1.79. The van der Waals surface area contributed by atoms with Crippen molar-refractivity contribution in [1.82, 2.24) is 9.55 Å². The molecule has 1 heterocycles. The summed E-state index contributed by atoms with van der Waals surface area (Å²) in [5.74, 6) is 1.17. The Balaban J connectivity index is 2.56. The van der Waals surface area contributed by atoms with Gasteiger partial charge in [-0.15, -0.1) is 0 Å². The van der Waals surface area contributed by atoms with Crippen LogP contribution in [-0.4, -0.2) is 21.1 Å². The number of nitrogens with zero attached hydrogens (tertiary/aromatic N) is 2. The molecule has 1 rings (SSSR count). The van der Waals surface area contributed by atoms with Gasteiger partial charge in [0.2, 0.25) is 0 Å². The zero-order valence-corrected chi connectivity index (χ0v) is 8.06. The van der Waals surface area contributed by atoms with Crippen molar-refractivity contribution in [3.8, 4) is 0 Å². The van der Waals surface area contributed by atoms with Gasteiger partial charge in [-0.3, -0.25) is 0 Å². The molecule has 1 atom stereocenters. The number of hydrogen-bond acceptors (Lipinski definition) is 2. The second-order valence-corrected chi connectivity index (χ2v) is 3.98. The fraction of sp³-hybridized carbons (Fsp3) is 0.625. The van der Waals surface area contributed by atoms with E-state index in [1.165, 1.54) is 5.82 Å². The van der Waals surface area contributed by atoms with Crippen molar-refractivity contribution in [2.75, 3.05) is 6.26 Å². The molecule has 0 aliphatic carbocycles. The lowest BCUT2D eigenvalue weighted by molar-refractivity contribution is 0.768. The van der Waals surface area contributed by atoms with Crippen molar-refractivity contribution >= 4 is 11.8 Å². The average Bonchev–Trinajstić information content (AvgIpc) is 2.37. The van der Waals surface area contributed by atoms with Gasteiger partial charge in [0, 0.05) is 31.1 Å². The highest BCUT2D eigenvalue weighted by molar-refractivity contribution is 7.99. The number of aromatic nitrogens is 2. The van der Waals surface area contributed by atoms with Crippen LogP contribution in [0, 0.1) is 0 Å². The largest absolute Gasteiger partial charge is 0.338 e. The van der Waals surface area contributed by atoms with Crippen LogP contribution in [-0.2, 0) is 13.5 Å². The fourth-order valence-electron chi connectivity index (χ4n) is 0.934. The van der Waals surface area contributed by atoms with E-state index < -0.39 is 0 Å². The van der Waals surface area contributed by atoms with Gasteiger partial charge in [0.1, 0.15) is 5.82 Å². The Morgan fingerprint density at radius 1 is 1.73 bits per heavy atom. The van der Waals surface area contributed by atoms with Crippen LogP contribution in [0.2, 0.25) is 0 Å². The molecule has 0 N–H and O–H groups in total. The van der Waals surface area contributed by atoms with Crippen molar-refractivity contribution < 1.29 is 0 Å². The van der Waals surface area contributed by atoms with Crippen LogP contribution in [0.15, 0.2) is 12.4 Å². The maximum absolute atomic E-state index is 4.25. The number of hydrogen-bond donors (Lipinski definition) is 0. The van der Waals surface area contributed by atoms with Gasteiger partial charge in [-0.2, -0.15) is 11.8 Å². The van der Waals surface area contributed by atoms with Crippen molar-refractivity contribution in [3.05, 3.63) is 18.2 Å². The van der Waals surface area contributed by atoms with E-state index in [4.69, 9.17) is 0 Å². The van der Waals surface area contributed by atoms with Gasteiger partial charge >= 0.3 is 0 Å². The summed E-state index contributed by atoms with van der Waals surface area (Å²) in [4.78, 5) is 4.25. The zero-order chi connectivity index (χ0) is 8.27. The molecule has 0 radical (unpaired) electrons. The maximum Gasteiger partial charge on any atom is 0.109 e. The van der Waals surface area contributed by atoms with Gasteiger partial charge in [-0.1, -0.05) is 6.92 Å². The van der Waals surface area contributed by atoms with Crippen LogP contribution in [0.25, 0.3) is 0 Å². The number of thioether (sulfide) groups is 1. The van der Waals surface area contributed by atoms with E-state index in [9.17, 15) is 0 Å². The minimum atomic E-state index is 0.663. The minimum Gasteiger partial charge on any atom is -0.338 e. The summed E-state index contributed by atoms with van der Waals surface area (Å²) in [5.41, 5.74) is 0. The van der Waals surface area contributed by atoms with Crippen LogP contribution in [0.1, 0.15) is 12.7 Å². The van der Waals surface area contributed by atoms with E-state index in [0.717, 1.165) is 6.42 Å². The van der Waals surface area contributed by atoms with Gasteiger partial charge in [-0.25, -0.2) is 4.98 Å². The first-order valence-electron chi connectivity index (χ1n) is 3.73. The molecule has 0 amide bonds. The summed E-state index contributed by atoms with van der Waals surface area (Å²) < 4.78 is 2.08. The van der Waals surface area contributed by atoms with Crippen molar-refractivity contribution in [3.63, 3.8) is 0 Å². The molecule has 0 aromatic carbocycles. The summed E-state index contributed by atoms with van der Waals surface area (Å²) in [5, 5.41) is 0.663. The highest BCUT2D eigenvalue weighted by Gasteiger charge is 2.04. The second-order valence-electron chi connectivity index (χ2n) is 2.70. The molecule has 1 unspecified atom stereocenters. The Morgan fingerprint density at radius 3 is 2.91 bits per heavy atom. The van der Waals surface area contributed by atoms with E-state index in [1.54, 1.807) is 0 Å². The monoisotopic (exact) mass is 170 g/mol. The molecule has 62 valence electrons. The SMILES string of the molecule is CSC(C)Cc1nccn1C. The lowest BCUT2D eigenvalue weighted by Gasteiger charge is -2.06. The normalized spacial score (nSPS) is 13.4. The molecule has 1 aromatic heterocycles. The van der Waals surface area contributed by atoms with Crippen LogP contribution in [0.3, 0.4) is 0 Å². The topological polar surface area (TPSA) is 17.8 Å². The molecule has 0 saturated carbocycles. The summed E-state index contributed by atoms with van der Waals surface area (Å²) in [6.45, 7) is 2.22. The standard InChI is InChI=1S/C8H14N2S/c1-7(11-3)6-8-9-4-5-10(8)2/h4-5,7H,6H2,1-3H3. The molecule has 0 bridgehead atoms. The Kier molecular flexibility index (Phi) is 3.00. The van der Waals surface area contributed by atoms with Crippen LogP contribution >= 0.6 is 11.8 Å². The van der Waals surface area contributed by atoms with E-state index in [0.29, 0.717) is 5.25 Å². The van der Waals surface area contributed by atoms with Gasteiger partial charge < -0.3 is 4.57 Å². The molecule has 0 saturated heterocycles. The summed E-state index contributed by atoms with van der Waals surface area (Å²) in [6, 6.07) is 0.